The van der Waals surface area contributed by atoms with E-state index in [1.54, 1.807) is 25.1 Å². The Balaban J connectivity index is 2.09. The molecule has 1 amide bonds. The molecule has 0 aliphatic carbocycles. The minimum absolute atomic E-state index is 0.0526. The topological polar surface area (TPSA) is 80.3 Å². The average Bonchev–Trinajstić information content (AvgIpc) is 2.44. The average molecular weight is 333 g/mol. The number of pyridine rings is 1. The molecule has 0 saturated carbocycles. The number of nitrogens with one attached hydrogen (secondary N) is 2. The summed E-state index contributed by atoms with van der Waals surface area (Å²) in [5.74, 6) is -0.782. The molecule has 1 saturated heterocycles. The molecule has 0 bridgehead atoms. The van der Waals surface area contributed by atoms with Crippen LogP contribution in [0.25, 0.3) is 0 Å². The predicted molar refractivity (Wildman–Crippen MR) is 92.0 cm³/mol. The number of hydrogen-bond donors (Lipinski definition) is 2. The van der Waals surface area contributed by atoms with Gasteiger partial charge in [0.2, 0.25) is 0 Å². The van der Waals surface area contributed by atoms with Gasteiger partial charge in [0.1, 0.15) is 11.4 Å². The first-order valence-corrected chi connectivity index (χ1v) is 8.36. The fourth-order valence-electron chi connectivity index (χ4n) is 3.56. The van der Waals surface area contributed by atoms with Crippen LogP contribution in [0, 0.1) is 0 Å². The largest absolute Gasteiger partial charge is 0.461 e. The zero-order valence-electron chi connectivity index (χ0n) is 15.1. The second-order valence-electron chi connectivity index (χ2n) is 7.60. The Morgan fingerprint density at radius 1 is 1.21 bits per heavy atom. The smallest absolute Gasteiger partial charge is 0.356 e. The molecule has 24 heavy (non-hydrogen) atoms. The summed E-state index contributed by atoms with van der Waals surface area (Å²) in [6.45, 7) is 10.5. The molecule has 6 nitrogen and oxygen atoms in total. The van der Waals surface area contributed by atoms with Gasteiger partial charge >= 0.3 is 5.97 Å². The first-order chi connectivity index (χ1) is 11.1. The van der Waals surface area contributed by atoms with Crippen LogP contribution < -0.4 is 10.6 Å². The standard InChI is InChI=1S/C18H27N3O3/c1-6-24-16(23)14-9-7-8-13(20-14)15(22)19-12-10-17(2,3)21-18(4,5)11-12/h7-9,12,21H,6,10-11H2,1-5H3,(H,19,22). The van der Waals surface area contributed by atoms with Gasteiger partial charge in [-0.25, -0.2) is 9.78 Å². The minimum Gasteiger partial charge on any atom is -0.461 e. The van der Waals surface area contributed by atoms with Gasteiger partial charge in [-0.1, -0.05) is 6.07 Å². The Labute approximate surface area is 143 Å². The highest BCUT2D eigenvalue weighted by Crippen LogP contribution is 2.28. The van der Waals surface area contributed by atoms with Crippen molar-refractivity contribution < 1.29 is 14.3 Å². The number of amides is 1. The third-order valence-electron chi connectivity index (χ3n) is 3.99. The van der Waals surface area contributed by atoms with Crippen LogP contribution in [-0.4, -0.2) is 40.6 Å². The molecular weight excluding hydrogens is 306 g/mol. The lowest BCUT2D eigenvalue weighted by molar-refractivity contribution is 0.0519. The van der Waals surface area contributed by atoms with E-state index in [4.69, 9.17) is 4.74 Å². The number of piperidine rings is 1. The molecular formula is C18H27N3O3. The van der Waals surface area contributed by atoms with E-state index in [-0.39, 0.29) is 41.0 Å². The summed E-state index contributed by atoms with van der Waals surface area (Å²) in [6.07, 6.45) is 1.67. The lowest BCUT2D eigenvalue weighted by Gasteiger charge is -2.46. The third-order valence-corrected chi connectivity index (χ3v) is 3.99. The summed E-state index contributed by atoms with van der Waals surface area (Å²) < 4.78 is 4.93. The second-order valence-corrected chi connectivity index (χ2v) is 7.60. The molecule has 0 spiro atoms. The maximum Gasteiger partial charge on any atom is 0.356 e. The van der Waals surface area contributed by atoms with Crippen LogP contribution in [-0.2, 0) is 4.74 Å². The SMILES string of the molecule is CCOC(=O)c1cccc(C(=O)NC2CC(C)(C)NC(C)(C)C2)n1. The van der Waals surface area contributed by atoms with Gasteiger partial charge in [-0.05, 0) is 59.6 Å². The summed E-state index contributed by atoms with van der Waals surface area (Å²) in [5.41, 5.74) is 0.268. The molecule has 6 heteroatoms. The summed E-state index contributed by atoms with van der Waals surface area (Å²) >= 11 is 0. The Kier molecular flexibility index (Phi) is 5.28. The molecule has 2 heterocycles. The van der Waals surface area contributed by atoms with Crippen molar-refractivity contribution in [3.05, 3.63) is 29.6 Å². The van der Waals surface area contributed by atoms with E-state index in [1.165, 1.54) is 0 Å². The van der Waals surface area contributed by atoms with Crippen molar-refractivity contribution in [2.24, 2.45) is 0 Å². The molecule has 1 aliphatic rings. The van der Waals surface area contributed by atoms with Crippen LogP contribution in [0.5, 0.6) is 0 Å². The van der Waals surface area contributed by atoms with E-state index in [9.17, 15) is 9.59 Å². The van der Waals surface area contributed by atoms with Crippen LogP contribution in [0.2, 0.25) is 0 Å². The maximum atomic E-state index is 12.5. The van der Waals surface area contributed by atoms with Gasteiger partial charge in [0.15, 0.2) is 0 Å². The minimum atomic E-state index is -0.517. The summed E-state index contributed by atoms with van der Waals surface area (Å²) in [4.78, 5) is 28.4. The molecule has 2 N–H and O–H groups in total. The lowest BCUT2D eigenvalue weighted by atomic mass is 9.79. The van der Waals surface area contributed by atoms with Gasteiger partial charge in [-0.2, -0.15) is 0 Å². The number of esters is 1. The zero-order chi connectivity index (χ0) is 18.0. The Morgan fingerprint density at radius 2 is 1.79 bits per heavy atom. The molecule has 1 aromatic rings. The summed E-state index contributed by atoms with van der Waals surface area (Å²) in [7, 11) is 0. The fraction of sp³-hybridized carbons (Fsp3) is 0.611. The van der Waals surface area contributed by atoms with Crippen LogP contribution in [0.1, 0.15) is 68.4 Å². The molecule has 1 aromatic heterocycles. The van der Waals surface area contributed by atoms with Crippen molar-refractivity contribution in [3.8, 4) is 0 Å². The second kappa shape index (κ2) is 6.89. The highest BCUT2D eigenvalue weighted by Gasteiger charge is 2.38. The number of ether oxygens (including phenoxy) is 1. The van der Waals surface area contributed by atoms with Crippen molar-refractivity contribution >= 4 is 11.9 Å². The monoisotopic (exact) mass is 333 g/mol. The third kappa shape index (κ3) is 4.77. The van der Waals surface area contributed by atoms with E-state index >= 15 is 0 Å². The predicted octanol–water partition coefficient (Wildman–Crippen LogP) is 2.30. The lowest BCUT2D eigenvalue weighted by Crippen LogP contribution is -2.62. The first-order valence-electron chi connectivity index (χ1n) is 8.36. The normalized spacial score (nSPS) is 19.5. The van der Waals surface area contributed by atoms with Gasteiger partial charge in [-0.3, -0.25) is 4.79 Å². The number of aromatic nitrogens is 1. The van der Waals surface area contributed by atoms with Crippen LogP contribution in [0.15, 0.2) is 18.2 Å². The number of nitrogens with zero attached hydrogens (tertiary/aromatic N) is 1. The van der Waals surface area contributed by atoms with E-state index in [2.05, 4.69) is 43.3 Å². The molecule has 2 rings (SSSR count). The quantitative estimate of drug-likeness (QED) is 0.827. The number of carbonyl (C=O) groups excluding carboxylic acids is 2. The number of hydrogen-bond acceptors (Lipinski definition) is 5. The highest BCUT2D eigenvalue weighted by atomic mass is 16.5. The van der Waals surface area contributed by atoms with Crippen molar-refractivity contribution in [2.45, 2.75) is 64.6 Å². The number of carbonyl (C=O) groups is 2. The first kappa shape index (κ1) is 18.4. The van der Waals surface area contributed by atoms with Gasteiger partial charge in [0, 0.05) is 17.1 Å². The zero-order valence-corrected chi connectivity index (χ0v) is 15.1. The molecule has 1 aliphatic heterocycles. The molecule has 0 unspecified atom stereocenters. The van der Waals surface area contributed by atoms with Gasteiger partial charge in [0.05, 0.1) is 6.61 Å². The van der Waals surface area contributed by atoms with Crippen molar-refractivity contribution in [1.82, 2.24) is 15.6 Å². The van der Waals surface area contributed by atoms with Crippen LogP contribution in [0.3, 0.4) is 0 Å². The fourth-order valence-corrected chi connectivity index (χ4v) is 3.56. The molecule has 0 atom stereocenters. The summed E-state index contributed by atoms with van der Waals surface area (Å²) in [5, 5.41) is 6.64. The molecule has 0 aromatic carbocycles. The Bertz CT molecular complexity index is 610. The van der Waals surface area contributed by atoms with E-state index < -0.39 is 5.97 Å². The van der Waals surface area contributed by atoms with Gasteiger partial charge in [0.25, 0.3) is 5.91 Å². The molecule has 0 radical (unpaired) electrons. The van der Waals surface area contributed by atoms with E-state index in [1.807, 2.05) is 0 Å². The van der Waals surface area contributed by atoms with Gasteiger partial charge in [-0.15, -0.1) is 0 Å². The Morgan fingerprint density at radius 3 is 2.38 bits per heavy atom. The van der Waals surface area contributed by atoms with Crippen LogP contribution >= 0.6 is 0 Å². The van der Waals surface area contributed by atoms with E-state index in [0.29, 0.717) is 0 Å². The van der Waals surface area contributed by atoms with Crippen LogP contribution in [0.4, 0.5) is 0 Å². The summed E-state index contributed by atoms with van der Waals surface area (Å²) in [6, 6.07) is 4.85. The Hall–Kier alpha value is -1.95. The van der Waals surface area contributed by atoms with Crippen molar-refractivity contribution in [1.29, 1.82) is 0 Å². The highest BCUT2D eigenvalue weighted by molar-refractivity contribution is 5.94. The van der Waals surface area contributed by atoms with Gasteiger partial charge < -0.3 is 15.4 Å². The van der Waals surface area contributed by atoms with Crippen molar-refractivity contribution in [3.63, 3.8) is 0 Å². The van der Waals surface area contributed by atoms with E-state index in [0.717, 1.165) is 12.8 Å². The molecule has 1 fully saturated rings. The maximum absolute atomic E-state index is 12.5. The van der Waals surface area contributed by atoms with Crippen molar-refractivity contribution in [2.75, 3.05) is 6.61 Å². The molecule has 132 valence electrons. The number of rotatable bonds is 4.